The Morgan fingerprint density at radius 3 is 2.49 bits per heavy atom. The maximum absolute atomic E-state index is 13.6. The van der Waals surface area contributed by atoms with E-state index in [0.717, 1.165) is 5.56 Å². The van der Waals surface area contributed by atoms with E-state index in [1.807, 2.05) is 12.1 Å². The topological polar surface area (TPSA) is 96.2 Å². The summed E-state index contributed by atoms with van der Waals surface area (Å²) in [6, 6.07) is 9.83. The van der Waals surface area contributed by atoms with Gasteiger partial charge in [0.2, 0.25) is 0 Å². The van der Waals surface area contributed by atoms with Gasteiger partial charge in [-0.05, 0) is 36.8 Å². The van der Waals surface area contributed by atoms with Gasteiger partial charge < -0.3 is 9.88 Å². The van der Waals surface area contributed by atoms with Crippen LogP contribution in [0.15, 0.2) is 47.5 Å². The molecule has 4 heterocycles. The number of aromatic nitrogens is 5. The zero-order chi connectivity index (χ0) is 25.5. The lowest BCUT2D eigenvalue weighted by atomic mass is 9.84. The number of carbonyl (C=O) groups is 1. The first-order chi connectivity index (χ1) is 18.0. The fourth-order valence-corrected chi connectivity index (χ4v) is 5.57. The Hall–Kier alpha value is -3.88. The first kappa shape index (κ1) is 23.5. The van der Waals surface area contributed by atoms with E-state index in [1.54, 1.807) is 18.0 Å². The van der Waals surface area contributed by atoms with Crippen molar-refractivity contribution in [3.8, 4) is 22.6 Å². The quantitative estimate of drug-likeness (QED) is 0.434. The third-order valence-corrected chi connectivity index (χ3v) is 7.70. The van der Waals surface area contributed by atoms with Crippen LogP contribution in [0.3, 0.4) is 0 Å². The number of aryl methyl sites for hydroxylation is 1. The monoisotopic (exact) mass is 500 g/mol. The van der Waals surface area contributed by atoms with E-state index < -0.39 is 6.67 Å². The van der Waals surface area contributed by atoms with Crippen LogP contribution >= 0.6 is 0 Å². The van der Waals surface area contributed by atoms with Crippen molar-refractivity contribution in [2.45, 2.75) is 44.9 Å². The van der Waals surface area contributed by atoms with Gasteiger partial charge in [-0.2, -0.15) is 9.61 Å². The van der Waals surface area contributed by atoms with Gasteiger partial charge in [-0.3, -0.25) is 23.9 Å². The number of carbonyl (C=O) groups excluding carboxylic acids is 1. The molecule has 0 bridgehead atoms. The maximum Gasteiger partial charge on any atom is 0.274 e. The number of benzene rings is 1. The Kier molecular flexibility index (Phi) is 6.06. The molecule has 0 atom stereocenters. The Balaban J connectivity index is 1.45. The normalized spacial score (nSPS) is 16.8. The average molecular weight is 501 g/mol. The van der Waals surface area contributed by atoms with Crippen LogP contribution in [0.5, 0.6) is 0 Å². The molecule has 9 heteroatoms. The number of aromatic amines is 1. The third kappa shape index (κ3) is 4.22. The van der Waals surface area contributed by atoms with Gasteiger partial charge in [0.15, 0.2) is 5.65 Å². The molecule has 2 aliphatic rings. The lowest BCUT2D eigenvalue weighted by molar-refractivity contribution is 0.0455. The summed E-state index contributed by atoms with van der Waals surface area (Å²) in [6.45, 7) is 1.98. The Labute approximate surface area is 213 Å². The molecule has 37 heavy (non-hydrogen) atoms. The summed E-state index contributed by atoms with van der Waals surface area (Å²) in [6.07, 6.45) is 9.38. The molecule has 1 saturated heterocycles. The summed E-state index contributed by atoms with van der Waals surface area (Å²) in [5.74, 6) is 0.121. The first-order valence-corrected chi connectivity index (χ1v) is 12.9. The van der Waals surface area contributed by atoms with Crippen molar-refractivity contribution in [2.75, 3.05) is 19.8 Å². The van der Waals surface area contributed by atoms with Gasteiger partial charge in [0, 0.05) is 37.5 Å². The highest BCUT2D eigenvalue weighted by atomic mass is 19.1. The fourth-order valence-electron chi connectivity index (χ4n) is 5.57. The number of hydrogen-bond acceptors (Lipinski definition) is 5. The molecular formula is C28H29FN6O2. The number of H-pyrrole nitrogens is 1. The summed E-state index contributed by atoms with van der Waals surface area (Å²) in [4.78, 5) is 40.4. The maximum atomic E-state index is 13.6. The van der Waals surface area contributed by atoms with Gasteiger partial charge in [0.05, 0.1) is 18.1 Å². The molecule has 1 aliphatic carbocycles. The lowest BCUT2D eigenvalue weighted by Gasteiger charge is -2.37. The van der Waals surface area contributed by atoms with Gasteiger partial charge in [0.25, 0.3) is 11.5 Å². The van der Waals surface area contributed by atoms with Crippen LogP contribution in [0.25, 0.3) is 28.3 Å². The van der Waals surface area contributed by atoms with Crippen molar-refractivity contribution < 1.29 is 9.18 Å². The van der Waals surface area contributed by atoms with Crippen molar-refractivity contribution >= 4 is 11.6 Å². The van der Waals surface area contributed by atoms with Crippen LogP contribution in [-0.4, -0.2) is 55.1 Å². The van der Waals surface area contributed by atoms with E-state index in [4.69, 9.17) is 0 Å². The number of likely N-dealkylation sites (tertiary alicyclic amines) is 1. The second kappa shape index (κ2) is 9.53. The van der Waals surface area contributed by atoms with Crippen molar-refractivity contribution in [1.82, 2.24) is 29.5 Å². The minimum Gasteiger partial charge on any atom is -0.339 e. The molecule has 2 fully saturated rings. The molecule has 190 valence electrons. The third-order valence-electron chi connectivity index (χ3n) is 7.70. The van der Waals surface area contributed by atoms with Crippen molar-refractivity contribution in [3.63, 3.8) is 0 Å². The zero-order valence-electron chi connectivity index (χ0n) is 20.8. The van der Waals surface area contributed by atoms with Crippen LogP contribution in [0.1, 0.15) is 59.6 Å². The second-order valence-corrected chi connectivity index (χ2v) is 10.2. The number of nitrogens with zero attached hydrogens (tertiary/aromatic N) is 5. The number of amides is 1. The largest absolute Gasteiger partial charge is 0.339 e. The molecule has 1 N–H and O–H groups in total. The van der Waals surface area contributed by atoms with Gasteiger partial charge in [-0.25, -0.2) is 0 Å². The van der Waals surface area contributed by atoms with Crippen LogP contribution < -0.4 is 5.56 Å². The highest BCUT2D eigenvalue weighted by Crippen LogP contribution is 2.34. The molecule has 1 aliphatic heterocycles. The van der Waals surface area contributed by atoms with Gasteiger partial charge >= 0.3 is 0 Å². The fraction of sp³-hybridized carbons (Fsp3) is 0.393. The predicted molar refractivity (Wildman–Crippen MR) is 138 cm³/mol. The number of hydrogen-bond donors (Lipinski definition) is 1. The Morgan fingerprint density at radius 2 is 1.78 bits per heavy atom. The summed E-state index contributed by atoms with van der Waals surface area (Å²) < 4.78 is 14.3. The first-order valence-electron chi connectivity index (χ1n) is 12.9. The van der Waals surface area contributed by atoms with Crippen LogP contribution in [-0.2, 0) is 0 Å². The van der Waals surface area contributed by atoms with Crippen LogP contribution in [0.2, 0.25) is 0 Å². The molecule has 8 nitrogen and oxygen atoms in total. The summed E-state index contributed by atoms with van der Waals surface area (Å²) in [5.41, 5.74) is 4.30. The van der Waals surface area contributed by atoms with Gasteiger partial charge in [0.1, 0.15) is 17.0 Å². The van der Waals surface area contributed by atoms with E-state index in [0.29, 0.717) is 41.7 Å². The van der Waals surface area contributed by atoms with E-state index in [9.17, 15) is 14.0 Å². The van der Waals surface area contributed by atoms with Gasteiger partial charge in [-0.15, -0.1) is 0 Å². The highest BCUT2D eigenvalue weighted by Gasteiger charge is 2.35. The zero-order valence-corrected chi connectivity index (χ0v) is 20.8. The molecule has 0 radical (unpaired) electrons. The van der Waals surface area contributed by atoms with Crippen molar-refractivity contribution in [3.05, 3.63) is 69.9 Å². The minimum atomic E-state index is -0.466. The average Bonchev–Trinajstić information content (AvgIpc) is 3.29. The molecule has 1 aromatic carbocycles. The van der Waals surface area contributed by atoms with Crippen molar-refractivity contribution in [2.24, 2.45) is 5.92 Å². The number of nitrogens with one attached hydrogen (secondary N) is 1. The van der Waals surface area contributed by atoms with E-state index in [2.05, 4.69) is 32.2 Å². The molecule has 1 saturated carbocycles. The van der Waals surface area contributed by atoms with E-state index >= 15 is 0 Å². The molecule has 1 amide bonds. The number of halogens is 1. The number of alkyl halides is 1. The smallest absolute Gasteiger partial charge is 0.274 e. The summed E-state index contributed by atoms with van der Waals surface area (Å²) in [7, 11) is 0. The molecule has 6 rings (SSSR count). The summed E-state index contributed by atoms with van der Waals surface area (Å²) in [5, 5.41) is 4.50. The number of fused-ring (bicyclic) bond motifs is 1. The second-order valence-electron chi connectivity index (χ2n) is 10.2. The Morgan fingerprint density at radius 1 is 1.05 bits per heavy atom. The SMILES string of the molecule is Cc1nccnc1-c1nn2c(=O)cc(-c3ccc(C4CCCCC4)cc3)[nH]c2c1C(=O)N1CC(CF)C1. The highest BCUT2D eigenvalue weighted by molar-refractivity contribution is 6.06. The van der Waals surface area contributed by atoms with Crippen LogP contribution in [0.4, 0.5) is 4.39 Å². The molecule has 0 spiro atoms. The minimum absolute atomic E-state index is 0.162. The number of rotatable bonds is 5. The van der Waals surface area contributed by atoms with Crippen LogP contribution in [0, 0.1) is 12.8 Å². The van der Waals surface area contributed by atoms with Gasteiger partial charge in [-0.1, -0.05) is 43.5 Å². The van der Waals surface area contributed by atoms with E-state index in [-0.39, 0.29) is 28.6 Å². The van der Waals surface area contributed by atoms with E-state index in [1.165, 1.54) is 54.4 Å². The lowest BCUT2D eigenvalue weighted by Crippen LogP contribution is -2.50. The molecular weight excluding hydrogens is 471 g/mol. The standard InChI is InChI=1S/C28H29FN6O2/c1-17-25(31-12-11-30-17)26-24(28(37)34-15-18(14-29)16-34)27-32-22(13-23(36)35(27)33-26)21-9-7-20(8-10-21)19-5-3-2-4-6-19/h7-13,18-19,32H,2-6,14-16H2,1H3. The molecule has 3 aromatic heterocycles. The predicted octanol–water partition coefficient (Wildman–Crippen LogP) is 4.54. The van der Waals surface area contributed by atoms with Crippen molar-refractivity contribution in [1.29, 1.82) is 0 Å². The Bertz CT molecular complexity index is 1510. The summed E-state index contributed by atoms with van der Waals surface area (Å²) >= 11 is 0. The molecule has 0 unspecified atom stereocenters. The molecule has 4 aromatic rings.